The standard InChI is InChI=1S/C22H28BrN3O3/c1-14(2)26(25-22(28)29-3)21(27)19-7-5-4-6-18(19)20-12-16(13-24-20)15-8-10-17(23)11-9-15/h8-11,13-14,18-19H,4-7,12H2,1-3H3,(H,25,28)/t18-,19+/m1/s1. The zero-order valence-corrected chi connectivity index (χ0v) is 18.7. The molecule has 3 rings (SSSR count). The molecule has 1 N–H and O–H groups in total. The number of nitrogens with zero attached hydrogens (tertiary/aromatic N) is 2. The van der Waals surface area contributed by atoms with Gasteiger partial charge < -0.3 is 4.74 Å². The molecule has 0 unspecified atom stereocenters. The summed E-state index contributed by atoms with van der Waals surface area (Å²) in [5.74, 6) is -0.143. The number of aliphatic imine (C=N–C) groups is 1. The molecule has 1 saturated carbocycles. The van der Waals surface area contributed by atoms with Crippen molar-refractivity contribution in [2.75, 3.05) is 7.11 Å². The van der Waals surface area contributed by atoms with Crippen molar-refractivity contribution < 1.29 is 14.3 Å². The molecule has 1 aromatic rings. The minimum absolute atomic E-state index is 0.0603. The molecule has 6 nitrogen and oxygen atoms in total. The fraction of sp³-hybridized carbons (Fsp3) is 0.500. The molecule has 2 aliphatic rings. The lowest BCUT2D eigenvalue weighted by Crippen LogP contribution is -2.54. The summed E-state index contributed by atoms with van der Waals surface area (Å²) in [5, 5.41) is 1.41. The molecular weight excluding hydrogens is 434 g/mol. The van der Waals surface area contributed by atoms with Crippen LogP contribution < -0.4 is 5.43 Å². The van der Waals surface area contributed by atoms with Gasteiger partial charge in [-0.25, -0.2) is 15.2 Å². The van der Waals surface area contributed by atoms with Crippen LogP contribution in [-0.4, -0.2) is 35.9 Å². The van der Waals surface area contributed by atoms with Crippen LogP contribution in [0.1, 0.15) is 51.5 Å². The highest BCUT2D eigenvalue weighted by Crippen LogP contribution is 2.37. The number of amides is 2. The Morgan fingerprint density at radius 2 is 1.90 bits per heavy atom. The molecular formula is C22H28BrN3O3. The largest absolute Gasteiger partial charge is 0.452 e. The maximum atomic E-state index is 13.3. The van der Waals surface area contributed by atoms with Crippen LogP contribution in [0.3, 0.4) is 0 Å². The van der Waals surface area contributed by atoms with Gasteiger partial charge in [-0.2, -0.15) is 0 Å². The normalized spacial score (nSPS) is 21.4. The van der Waals surface area contributed by atoms with Gasteiger partial charge in [0.25, 0.3) is 0 Å². The lowest BCUT2D eigenvalue weighted by atomic mass is 9.74. The summed E-state index contributed by atoms with van der Waals surface area (Å²) in [6.45, 7) is 3.76. The van der Waals surface area contributed by atoms with Crippen LogP contribution in [0.5, 0.6) is 0 Å². The molecule has 0 saturated heterocycles. The first kappa shape index (κ1) is 21.6. The summed E-state index contributed by atoms with van der Waals surface area (Å²) in [6.07, 6.45) is 5.93. The number of hydrazine groups is 1. The van der Waals surface area contributed by atoms with E-state index in [0.717, 1.165) is 47.9 Å². The van der Waals surface area contributed by atoms with E-state index in [-0.39, 0.29) is 23.8 Å². The zero-order chi connectivity index (χ0) is 21.0. The summed E-state index contributed by atoms with van der Waals surface area (Å²) in [4.78, 5) is 29.8. The molecule has 2 atom stereocenters. The van der Waals surface area contributed by atoms with Crippen molar-refractivity contribution in [3.63, 3.8) is 0 Å². The SMILES string of the molecule is COC(=O)NN(C(=O)[C@H]1CCCC[C@H]1C1=NC=C(c2ccc(Br)cc2)C1)C(C)C. The van der Waals surface area contributed by atoms with Crippen molar-refractivity contribution in [1.82, 2.24) is 10.4 Å². The Labute approximate surface area is 180 Å². The van der Waals surface area contributed by atoms with Gasteiger partial charge in [0, 0.05) is 40.7 Å². The Morgan fingerprint density at radius 3 is 2.55 bits per heavy atom. The van der Waals surface area contributed by atoms with Gasteiger partial charge in [0.15, 0.2) is 0 Å². The lowest BCUT2D eigenvalue weighted by molar-refractivity contribution is -0.142. The van der Waals surface area contributed by atoms with Crippen molar-refractivity contribution >= 4 is 39.2 Å². The highest BCUT2D eigenvalue weighted by Gasteiger charge is 2.38. The zero-order valence-electron chi connectivity index (χ0n) is 17.2. The molecule has 0 bridgehead atoms. The lowest BCUT2D eigenvalue weighted by Gasteiger charge is -2.36. The van der Waals surface area contributed by atoms with Crippen LogP contribution in [0, 0.1) is 11.8 Å². The minimum Gasteiger partial charge on any atom is -0.452 e. The Bertz CT molecular complexity index is 817. The number of nitrogens with one attached hydrogen (secondary N) is 1. The average molecular weight is 462 g/mol. The van der Waals surface area contributed by atoms with E-state index in [2.05, 4.69) is 38.2 Å². The van der Waals surface area contributed by atoms with Gasteiger partial charge in [0.2, 0.25) is 5.91 Å². The topological polar surface area (TPSA) is 71.0 Å². The summed E-state index contributed by atoms with van der Waals surface area (Å²) >= 11 is 3.47. The molecule has 1 aromatic carbocycles. The first-order valence-corrected chi connectivity index (χ1v) is 10.9. The van der Waals surface area contributed by atoms with Crippen molar-refractivity contribution in [2.24, 2.45) is 16.8 Å². The Kier molecular flexibility index (Phi) is 7.11. The summed E-state index contributed by atoms with van der Waals surface area (Å²) in [5.41, 5.74) is 5.98. The molecule has 1 aliphatic heterocycles. The second kappa shape index (κ2) is 9.57. The van der Waals surface area contributed by atoms with Crippen molar-refractivity contribution in [3.8, 4) is 0 Å². The maximum Gasteiger partial charge on any atom is 0.425 e. The van der Waals surface area contributed by atoms with Gasteiger partial charge in [-0.1, -0.05) is 40.9 Å². The molecule has 156 valence electrons. The third kappa shape index (κ3) is 5.07. The fourth-order valence-corrected chi connectivity index (χ4v) is 4.37. The molecule has 1 fully saturated rings. The van der Waals surface area contributed by atoms with Gasteiger partial charge in [-0.3, -0.25) is 9.79 Å². The van der Waals surface area contributed by atoms with E-state index in [0.29, 0.717) is 0 Å². The molecule has 1 heterocycles. The number of carbonyl (C=O) groups excluding carboxylic acids is 2. The van der Waals surface area contributed by atoms with Crippen LogP contribution >= 0.6 is 15.9 Å². The van der Waals surface area contributed by atoms with Gasteiger partial charge in [0.05, 0.1) is 7.11 Å². The molecule has 0 radical (unpaired) electrons. The number of methoxy groups -OCH3 is 1. The van der Waals surface area contributed by atoms with Crippen molar-refractivity contribution in [3.05, 3.63) is 40.5 Å². The number of benzene rings is 1. The smallest absolute Gasteiger partial charge is 0.425 e. The first-order chi connectivity index (χ1) is 13.9. The number of halogens is 1. The fourth-order valence-electron chi connectivity index (χ4n) is 4.10. The van der Waals surface area contributed by atoms with Crippen molar-refractivity contribution in [1.29, 1.82) is 0 Å². The van der Waals surface area contributed by atoms with Crippen LogP contribution in [0.4, 0.5) is 4.79 Å². The van der Waals surface area contributed by atoms with Gasteiger partial charge in [0.1, 0.15) is 0 Å². The molecule has 2 amide bonds. The minimum atomic E-state index is -0.628. The van der Waals surface area contributed by atoms with Crippen molar-refractivity contribution in [2.45, 2.75) is 52.0 Å². The number of rotatable bonds is 4. The van der Waals surface area contributed by atoms with Crippen LogP contribution in [-0.2, 0) is 9.53 Å². The Hall–Kier alpha value is -2.15. The van der Waals surface area contributed by atoms with Crippen LogP contribution in [0.25, 0.3) is 5.57 Å². The van der Waals surface area contributed by atoms with E-state index in [1.54, 1.807) is 0 Å². The number of hydrogen-bond acceptors (Lipinski definition) is 4. The van der Waals surface area contributed by atoms with Gasteiger partial charge >= 0.3 is 6.09 Å². The molecule has 0 spiro atoms. The highest BCUT2D eigenvalue weighted by molar-refractivity contribution is 9.10. The van der Waals surface area contributed by atoms with E-state index < -0.39 is 6.09 Å². The Balaban J connectivity index is 1.73. The van der Waals surface area contributed by atoms with E-state index in [4.69, 9.17) is 4.99 Å². The quantitative estimate of drug-likeness (QED) is 0.644. The van der Waals surface area contributed by atoms with Gasteiger partial charge in [-0.15, -0.1) is 0 Å². The summed E-state index contributed by atoms with van der Waals surface area (Å²) < 4.78 is 5.73. The van der Waals surface area contributed by atoms with E-state index >= 15 is 0 Å². The summed E-state index contributed by atoms with van der Waals surface area (Å²) in [7, 11) is 1.30. The Morgan fingerprint density at radius 1 is 1.21 bits per heavy atom. The molecule has 29 heavy (non-hydrogen) atoms. The average Bonchev–Trinajstić information content (AvgIpc) is 3.21. The highest BCUT2D eigenvalue weighted by atomic mass is 79.9. The molecule has 7 heteroatoms. The third-order valence-electron chi connectivity index (χ3n) is 5.63. The number of hydrogen-bond donors (Lipinski definition) is 1. The van der Waals surface area contributed by atoms with E-state index in [9.17, 15) is 9.59 Å². The summed E-state index contributed by atoms with van der Waals surface area (Å²) in [6, 6.07) is 8.06. The van der Waals surface area contributed by atoms with E-state index in [1.807, 2.05) is 32.2 Å². The second-order valence-electron chi connectivity index (χ2n) is 7.86. The van der Waals surface area contributed by atoms with Crippen LogP contribution in [0.2, 0.25) is 0 Å². The number of carbonyl (C=O) groups is 2. The first-order valence-electron chi connectivity index (χ1n) is 10.1. The third-order valence-corrected chi connectivity index (χ3v) is 6.16. The predicted molar refractivity (Wildman–Crippen MR) is 117 cm³/mol. The monoisotopic (exact) mass is 461 g/mol. The number of allylic oxidation sites excluding steroid dienone is 1. The predicted octanol–water partition coefficient (Wildman–Crippen LogP) is 4.95. The second-order valence-corrected chi connectivity index (χ2v) is 8.78. The van der Waals surface area contributed by atoms with Gasteiger partial charge in [-0.05, 0) is 50.0 Å². The molecule has 1 aliphatic carbocycles. The number of ether oxygens (including phenoxy) is 1. The maximum absolute atomic E-state index is 13.3. The van der Waals surface area contributed by atoms with E-state index in [1.165, 1.54) is 17.7 Å². The molecule has 0 aromatic heterocycles. The van der Waals surface area contributed by atoms with Crippen LogP contribution in [0.15, 0.2) is 39.9 Å².